The number of carbonyl (C=O) groups excluding carboxylic acids is 6. The number of hydrogen-bond acceptors (Lipinski definition) is 8. The van der Waals surface area contributed by atoms with Crippen molar-refractivity contribution in [2.75, 3.05) is 6.54 Å². The van der Waals surface area contributed by atoms with Crippen molar-refractivity contribution in [3.8, 4) is 0 Å². The van der Waals surface area contributed by atoms with Gasteiger partial charge in [-0.05, 0) is 49.9 Å². The van der Waals surface area contributed by atoms with Crippen LogP contribution in [0.1, 0.15) is 83.6 Å². The summed E-state index contributed by atoms with van der Waals surface area (Å²) in [6.07, 6.45) is 5.83. The van der Waals surface area contributed by atoms with Crippen LogP contribution in [0.25, 0.3) is 0 Å². The molecule has 0 bridgehead atoms. The third-order valence-electron chi connectivity index (χ3n) is 9.10. The van der Waals surface area contributed by atoms with Crippen molar-refractivity contribution in [2.45, 2.75) is 110 Å². The lowest BCUT2D eigenvalue weighted by Gasteiger charge is -2.34. The second-order valence-corrected chi connectivity index (χ2v) is 13.3. The quantitative estimate of drug-likeness (QED) is 0.218. The Morgan fingerprint density at radius 2 is 1.61 bits per heavy atom. The molecule has 1 aliphatic heterocycles. The van der Waals surface area contributed by atoms with Crippen LogP contribution in [-0.2, 0) is 24.0 Å². The number of alkyl halides is 1. The lowest BCUT2D eigenvalue weighted by atomic mass is 9.92. The second-order valence-electron chi connectivity index (χ2n) is 13.3. The molecule has 0 aromatic carbocycles. The van der Waals surface area contributed by atoms with Crippen molar-refractivity contribution < 1.29 is 33.2 Å². The summed E-state index contributed by atoms with van der Waals surface area (Å²) in [6, 6.07) is -4.30. The fourth-order valence-electron chi connectivity index (χ4n) is 6.38. The number of halogens is 1. The van der Waals surface area contributed by atoms with Gasteiger partial charge in [-0.1, -0.05) is 41.0 Å². The molecule has 2 aliphatic carbocycles. The average Bonchev–Trinajstić information content (AvgIpc) is 3.65. The number of Topliss-reactive ketones (excluding diaryl/α,β-unsaturated/α-hetero) is 1. The molecular formula is C32H46FN7O6. The van der Waals surface area contributed by atoms with E-state index in [0.29, 0.717) is 12.8 Å². The first-order valence-corrected chi connectivity index (χ1v) is 16.3. The van der Waals surface area contributed by atoms with Gasteiger partial charge in [-0.2, -0.15) is 0 Å². The molecule has 4 N–H and O–H groups in total. The van der Waals surface area contributed by atoms with Gasteiger partial charge in [0, 0.05) is 30.9 Å². The molecule has 1 aromatic rings. The first-order valence-electron chi connectivity index (χ1n) is 16.3. The number of amides is 5. The van der Waals surface area contributed by atoms with E-state index in [-0.39, 0.29) is 37.0 Å². The van der Waals surface area contributed by atoms with E-state index in [1.54, 1.807) is 27.7 Å². The molecule has 1 saturated heterocycles. The summed E-state index contributed by atoms with van der Waals surface area (Å²) >= 11 is 0. The van der Waals surface area contributed by atoms with Crippen LogP contribution in [-0.4, -0.2) is 93.1 Å². The molecule has 2 saturated carbocycles. The molecule has 14 heteroatoms. The van der Waals surface area contributed by atoms with Gasteiger partial charge >= 0.3 is 0 Å². The Balaban J connectivity index is 1.52. The third-order valence-corrected chi connectivity index (χ3v) is 9.10. The molecule has 3 fully saturated rings. The maximum atomic E-state index is 15.0. The Kier molecular flexibility index (Phi) is 11.4. The maximum Gasteiger partial charge on any atom is 0.289 e. The number of carbonyl (C=O) groups is 6. The van der Waals surface area contributed by atoms with Crippen LogP contribution in [0.4, 0.5) is 4.39 Å². The first kappa shape index (κ1) is 34.9. The zero-order valence-corrected chi connectivity index (χ0v) is 27.1. The largest absolute Gasteiger partial charge is 0.347 e. The highest BCUT2D eigenvalue weighted by Crippen LogP contribution is 2.44. The van der Waals surface area contributed by atoms with Crippen LogP contribution in [0.15, 0.2) is 18.6 Å². The molecule has 7 atom stereocenters. The molecule has 1 aromatic heterocycles. The Morgan fingerprint density at radius 3 is 2.20 bits per heavy atom. The first-order chi connectivity index (χ1) is 21.8. The minimum atomic E-state index is -1.20. The number of nitrogens with one attached hydrogen (secondary N) is 4. The van der Waals surface area contributed by atoms with E-state index in [0.717, 1.165) is 12.8 Å². The Bertz CT molecular complexity index is 1310. The van der Waals surface area contributed by atoms with Crippen LogP contribution in [0.5, 0.6) is 0 Å². The standard InChI is InChI=1S/C32H46FN7O6/c1-6-7-22(27(41)31(45)36-18-8-9-18)37-30(44)26-19-10-11-21(33)20(19)15-40(26)32(46)25(17(4)5)39-29(43)24(16(2)3)38-28(42)23-14-34-12-13-35-23/h12-14,16-22,24-26H,6-11,15H2,1-5H3,(H,36,45)(H,37,44)(H,38,42)(H,39,43)/t19-,20-,21-,22?,24+,25?,26?/m0/s1. The number of hydrogen-bond donors (Lipinski definition) is 4. The van der Waals surface area contributed by atoms with E-state index < -0.39 is 83.4 Å². The predicted octanol–water partition coefficient (Wildman–Crippen LogP) is 1.08. The van der Waals surface area contributed by atoms with Crippen LogP contribution < -0.4 is 21.3 Å². The van der Waals surface area contributed by atoms with Gasteiger partial charge in [-0.25, -0.2) is 9.37 Å². The molecule has 0 spiro atoms. The Morgan fingerprint density at radius 1 is 0.913 bits per heavy atom. The summed E-state index contributed by atoms with van der Waals surface area (Å²) in [4.78, 5) is 89.0. The van der Waals surface area contributed by atoms with E-state index in [2.05, 4.69) is 31.2 Å². The van der Waals surface area contributed by atoms with Crippen molar-refractivity contribution in [3.63, 3.8) is 0 Å². The summed E-state index contributed by atoms with van der Waals surface area (Å²) in [6.45, 7) is 8.78. The molecule has 5 amide bonds. The molecular weight excluding hydrogens is 597 g/mol. The van der Waals surface area contributed by atoms with Crippen LogP contribution in [0.2, 0.25) is 0 Å². The van der Waals surface area contributed by atoms with Crippen molar-refractivity contribution in [3.05, 3.63) is 24.3 Å². The van der Waals surface area contributed by atoms with Gasteiger partial charge in [0.2, 0.25) is 23.5 Å². The summed E-state index contributed by atoms with van der Waals surface area (Å²) in [7, 11) is 0. The van der Waals surface area contributed by atoms with E-state index in [9.17, 15) is 28.8 Å². The van der Waals surface area contributed by atoms with Gasteiger partial charge in [0.05, 0.1) is 12.2 Å². The van der Waals surface area contributed by atoms with Gasteiger partial charge in [-0.15, -0.1) is 0 Å². The van der Waals surface area contributed by atoms with Gasteiger partial charge in [-0.3, -0.25) is 33.8 Å². The lowest BCUT2D eigenvalue weighted by molar-refractivity contribution is -0.145. The topological polar surface area (TPSA) is 180 Å². The van der Waals surface area contributed by atoms with Crippen molar-refractivity contribution in [1.82, 2.24) is 36.1 Å². The minimum absolute atomic E-state index is 0.0204. The molecule has 3 unspecified atom stereocenters. The van der Waals surface area contributed by atoms with Crippen LogP contribution in [0.3, 0.4) is 0 Å². The number of likely N-dealkylation sites (tertiary alicyclic amines) is 1. The van der Waals surface area contributed by atoms with Gasteiger partial charge < -0.3 is 26.2 Å². The molecule has 13 nitrogen and oxygen atoms in total. The molecule has 252 valence electrons. The highest BCUT2D eigenvalue weighted by Gasteiger charge is 2.55. The zero-order valence-electron chi connectivity index (χ0n) is 27.1. The van der Waals surface area contributed by atoms with Crippen molar-refractivity contribution in [2.24, 2.45) is 23.7 Å². The molecule has 46 heavy (non-hydrogen) atoms. The fraction of sp³-hybridized carbons (Fsp3) is 0.688. The van der Waals surface area contributed by atoms with Crippen LogP contribution in [0, 0.1) is 23.7 Å². The normalized spacial score (nSPS) is 24.1. The Hall–Kier alpha value is -3.97. The number of nitrogens with zero attached hydrogens (tertiary/aromatic N) is 3. The van der Waals surface area contributed by atoms with Gasteiger partial charge in [0.15, 0.2) is 0 Å². The maximum absolute atomic E-state index is 15.0. The second kappa shape index (κ2) is 15.1. The monoisotopic (exact) mass is 643 g/mol. The van der Waals surface area contributed by atoms with E-state index in [1.807, 2.05) is 6.92 Å². The summed E-state index contributed by atoms with van der Waals surface area (Å²) in [5, 5.41) is 10.8. The third kappa shape index (κ3) is 8.05. The number of fused-ring (bicyclic) bond motifs is 1. The predicted molar refractivity (Wildman–Crippen MR) is 165 cm³/mol. The number of ketones is 1. The molecule has 0 radical (unpaired) electrons. The summed E-state index contributed by atoms with van der Waals surface area (Å²) in [5.41, 5.74) is 0.0283. The lowest BCUT2D eigenvalue weighted by Crippen LogP contribution is -2.60. The van der Waals surface area contributed by atoms with E-state index in [1.165, 1.54) is 23.5 Å². The minimum Gasteiger partial charge on any atom is -0.347 e. The Labute approximate surface area is 268 Å². The number of rotatable bonds is 14. The summed E-state index contributed by atoms with van der Waals surface area (Å²) in [5.74, 6) is -5.71. The highest BCUT2D eigenvalue weighted by molar-refractivity contribution is 6.38. The van der Waals surface area contributed by atoms with Gasteiger partial charge in [0.25, 0.3) is 11.8 Å². The van der Waals surface area contributed by atoms with Gasteiger partial charge in [0.1, 0.15) is 30.0 Å². The smallest absolute Gasteiger partial charge is 0.289 e. The summed E-state index contributed by atoms with van der Waals surface area (Å²) < 4.78 is 15.0. The van der Waals surface area contributed by atoms with Crippen molar-refractivity contribution >= 4 is 35.3 Å². The van der Waals surface area contributed by atoms with E-state index >= 15 is 4.39 Å². The molecule has 2 heterocycles. The fourth-order valence-corrected chi connectivity index (χ4v) is 6.38. The zero-order chi connectivity index (χ0) is 33.7. The van der Waals surface area contributed by atoms with Crippen molar-refractivity contribution in [1.29, 1.82) is 0 Å². The molecule has 3 aliphatic rings. The molecule has 4 rings (SSSR count). The number of aromatic nitrogens is 2. The highest BCUT2D eigenvalue weighted by atomic mass is 19.1. The SMILES string of the molecule is CCCC(NC(=O)C1[C@H]2CC[C@H](F)[C@H]2CN1C(=O)C(NC(=O)[C@H](NC(=O)c1cnccn1)C(C)C)C(C)C)C(=O)C(=O)NC1CC1. The van der Waals surface area contributed by atoms with Crippen LogP contribution >= 0.6 is 0 Å². The average molecular weight is 644 g/mol. The van der Waals surface area contributed by atoms with E-state index in [4.69, 9.17) is 0 Å².